The number of amides is 1. The summed E-state index contributed by atoms with van der Waals surface area (Å²) in [4.78, 5) is 23.9. The van der Waals surface area contributed by atoms with Gasteiger partial charge in [-0.25, -0.2) is 4.79 Å². The number of aliphatic imine (C=N–C) groups is 1. The van der Waals surface area contributed by atoms with Crippen LogP contribution in [0.5, 0.6) is 0 Å². The third kappa shape index (κ3) is 8.95. The smallest absolute Gasteiger partial charge is 0.410 e. The molecule has 7 nitrogen and oxygen atoms in total. The molecule has 2 heterocycles. The van der Waals surface area contributed by atoms with Gasteiger partial charge >= 0.3 is 6.09 Å². The molecule has 2 aromatic heterocycles. The molecule has 0 aliphatic heterocycles. The van der Waals surface area contributed by atoms with Crippen LogP contribution in [-0.4, -0.2) is 47.7 Å². The van der Waals surface area contributed by atoms with Gasteiger partial charge in [-0.05, 0) is 50.3 Å². The first-order valence-corrected chi connectivity index (χ1v) is 10.6. The number of pyridine rings is 1. The zero-order valence-electron chi connectivity index (χ0n) is 17.6. The van der Waals surface area contributed by atoms with Crippen LogP contribution in [0.2, 0.25) is 0 Å². The zero-order valence-corrected chi connectivity index (χ0v) is 18.5. The van der Waals surface area contributed by atoms with Crippen LogP contribution in [0, 0.1) is 0 Å². The number of aromatic nitrogens is 1. The number of hydrogen-bond donors (Lipinski definition) is 2. The highest BCUT2D eigenvalue weighted by molar-refractivity contribution is 7.09. The van der Waals surface area contributed by atoms with E-state index in [1.54, 1.807) is 35.7 Å². The summed E-state index contributed by atoms with van der Waals surface area (Å²) in [6.45, 7) is 8.08. The second kappa shape index (κ2) is 11.4. The topological polar surface area (TPSA) is 78.9 Å². The predicted molar refractivity (Wildman–Crippen MR) is 118 cm³/mol. The van der Waals surface area contributed by atoms with E-state index in [0.29, 0.717) is 19.6 Å². The van der Waals surface area contributed by atoms with Gasteiger partial charge in [-0.3, -0.25) is 9.98 Å². The van der Waals surface area contributed by atoms with Gasteiger partial charge in [0, 0.05) is 37.4 Å². The number of rotatable bonds is 8. The summed E-state index contributed by atoms with van der Waals surface area (Å²) < 4.78 is 5.56. The van der Waals surface area contributed by atoms with Crippen molar-refractivity contribution < 1.29 is 9.53 Å². The van der Waals surface area contributed by atoms with Crippen LogP contribution in [0.4, 0.5) is 4.79 Å². The number of nitrogens with zero attached hydrogens (tertiary/aromatic N) is 3. The van der Waals surface area contributed by atoms with Crippen LogP contribution in [0.25, 0.3) is 0 Å². The van der Waals surface area contributed by atoms with Crippen LogP contribution < -0.4 is 10.6 Å². The lowest BCUT2D eigenvalue weighted by Gasteiger charge is -2.27. The Kier molecular flexibility index (Phi) is 8.92. The molecule has 1 amide bonds. The molecule has 8 heteroatoms. The Morgan fingerprint density at radius 2 is 2.10 bits per heavy atom. The number of hydrogen-bond acceptors (Lipinski definition) is 5. The van der Waals surface area contributed by atoms with E-state index in [2.05, 4.69) is 32.1 Å². The molecule has 0 radical (unpaired) electrons. The Morgan fingerprint density at radius 3 is 2.72 bits per heavy atom. The monoisotopic (exact) mass is 417 g/mol. The molecule has 0 aliphatic carbocycles. The standard InChI is InChI=1S/C21H31N5O2S/c1-21(2,3)28-20(27)26(16-17-8-5-10-23-14-17)12-7-11-24-19(22-4)25-15-18-9-6-13-29-18/h5-6,8-10,13-14H,7,11-12,15-16H2,1-4H3,(H2,22,24,25). The minimum Gasteiger partial charge on any atom is -0.444 e. The maximum atomic E-state index is 12.6. The predicted octanol–water partition coefficient (Wildman–Crippen LogP) is 3.64. The molecule has 0 aliphatic rings. The lowest BCUT2D eigenvalue weighted by atomic mass is 10.2. The lowest BCUT2D eigenvalue weighted by Crippen LogP contribution is -2.40. The van der Waals surface area contributed by atoms with Crippen LogP contribution in [0.3, 0.4) is 0 Å². The molecule has 2 rings (SSSR count). The zero-order chi connectivity index (χ0) is 21.1. The summed E-state index contributed by atoms with van der Waals surface area (Å²) in [5.74, 6) is 0.745. The van der Waals surface area contributed by atoms with E-state index in [1.165, 1.54) is 4.88 Å². The number of carbonyl (C=O) groups excluding carboxylic acids is 1. The molecule has 158 valence electrons. The van der Waals surface area contributed by atoms with Crippen molar-refractivity contribution in [1.82, 2.24) is 20.5 Å². The molecule has 0 unspecified atom stereocenters. The van der Waals surface area contributed by atoms with E-state index in [-0.39, 0.29) is 6.09 Å². The van der Waals surface area contributed by atoms with Crippen molar-refractivity contribution in [2.45, 2.75) is 45.9 Å². The van der Waals surface area contributed by atoms with Crippen LogP contribution in [-0.2, 0) is 17.8 Å². The Balaban J connectivity index is 1.83. The lowest BCUT2D eigenvalue weighted by molar-refractivity contribution is 0.0232. The fourth-order valence-electron chi connectivity index (χ4n) is 2.55. The summed E-state index contributed by atoms with van der Waals surface area (Å²) >= 11 is 1.71. The molecule has 0 atom stereocenters. The highest BCUT2D eigenvalue weighted by Gasteiger charge is 2.22. The largest absolute Gasteiger partial charge is 0.444 e. The number of nitrogens with one attached hydrogen (secondary N) is 2. The Morgan fingerprint density at radius 1 is 1.28 bits per heavy atom. The van der Waals surface area contributed by atoms with Crippen LogP contribution in [0.1, 0.15) is 37.6 Å². The van der Waals surface area contributed by atoms with Gasteiger partial charge in [-0.1, -0.05) is 12.1 Å². The van der Waals surface area contributed by atoms with Crippen molar-refractivity contribution >= 4 is 23.4 Å². The maximum absolute atomic E-state index is 12.6. The molecule has 0 spiro atoms. The van der Waals surface area contributed by atoms with Gasteiger partial charge in [-0.2, -0.15) is 0 Å². The molecule has 29 heavy (non-hydrogen) atoms. The first-order valence-electron chi connectivity index (χ1n) is 9.71. The fourth-order valence-corrected chi connectivity index (χ4v) is 3.20. The van der Waals surface area contributed by atoms with Gasteiger partial charge < -0.3 is 20.3 Å². The van der Waals surface area contributed by atoms with E-state index in [1.807, 2.05) is 39.0 Å². The maximum Gasteiger partial charge on any atom is 0.410 e. The minimum atomic E-state index is -0.531. The Labute approximate surface area is 177 Å². The van der Waals surface area contributed by atoms with Crippen molar-refractivity contribution in [3.05, 3.63) is 52.5 Å². The molecular weight excluding hydrogens is 386 g/mol. The summed E-state index contributed by atoms with van der Waals surface area (Å²) in [6.07, 6.45) is 3.94. The number of guanidine groups is 1. The molecule has 0 fully saturated rings. The Bertz CT molecular complexity index is 757. The van der Waals surface area contributed by atoms with E-state index in [0.717, 1.165) is 24.5 Å². The van der Waals surface area contributed by atoms with Crippen molar-refractivity contribution in [1.29, 1.82) is 0 Å². The SMILES string of the molecule is CN=C(NCCCN(Cc1cccnc1)C(=O)OC(C)(C)C)NCc1cccs1. The first-order chi connectivity index (χ1) is 13.9. The highest BCUT2D eigenvalue weighted by Crippen LogP contribution is 2.13. The van der Waals surface area contributed by atoms with E-state index >= 15 is 0 Å². The Hall–Kier alpha value is -2.61. The van der Waals surface area contributed by atoms with Gasteiger partial charge in [0.15, 0.2) is 5.96 Å². The van der Waals surface area contributed by atoms with E-state index in [9.17, 15) is 4.79 Å². The number of thiophene rings is 1. The van der Waals surface area contributed by atoms with Gasteiger partial charge in [0.25, 0.3) is 0 Å². The minimum absolute atomic E-state index is 0.318. The summed E-state index contributed by atoms with van der Waals surface area (Å²) in [5.41, 5.74) is 0.441. The van der Waals surface area contributed by atoms with Crippen molar-refractivity contribution in [2.75, 3.05) is 20.1 Å². The molecule has 0 saturated carbocycles. The average Bonchev–Trinajstić information content (AvgIpc) is 3.19. The number of carbonyl (C=O) groups is 1. The summed E-state index contributed by atoms with van der Waals surface area (Å²) in [5, 5.41) is 8.64. The van der Waals surface area contributed by atoms with Crippen molar-refractivity contribution in [2.24, 2.45) is 4.99 Å². The van der Waals surface area contributed by atoms with Gasteiger partial charge in [-0.15, -0.1) is 11.3 Å². The third-order valence-corrected chi connectivity index (χ3v) is 4.76. The molecule has 0 saturated heterocycles. The normalized spacial score (nSPS) is 11.8. The quantitative estimate of drug-likeness (QED) is 0.389. The second-order valence-electron chi connectivity index (χ2n) is 7.55. The van der Waals surface area contributed by atoms with Crippen molar-refractivity contribution in [3.63, 3.8) is 0 Å². The third-order valence-electron chi connectivity index (χ3n) is 3.88. The molecular formula is C21H31N5O2S. The molecule has 0 aromatic carbocycles. The first kappa shape index (κ1) is 22.7. The summed E-state index contributed by atoms with van der Waals surface area (Å²) in [7, 11) is 1.75. The molecule has 2 N–H and O–H groups in total. The summed E-state index contributed by atoms with van der Waals surface area (Å²) in [6, 6.07) is 7.94. The molecule has 2 aromatic rings. The fraction of sp³-hybridized carbons (Fsp3) is 0.476. The van der Waals surface area contributed by atoms with Gasteiger partial charge in [0.2, 0.25) is 0 Å². The van der Waals surface area contributed by atoms with E-state index in [4.69, 9.17) is 4.74 Å². The highest BCUT2D eigenvalue weighted by atomic mass is 32.1. The molecule has 0 bridgehead atoms. The van der Waals surface area contributed by atoms with Gasteiger partial charge in [0.05, 0.1) is 13.1 Å². The van der Waals surface area contributed by atoms with Gasteiger partial charge in [0.1, 0.15) is 5.60 Å². The van der Waals surface area contributed by atoms with E-state index < -0.39 is 5.60 Å². The average molecular weight is 418 g/mol. The van der Waals surface area contributed by atoms with Crippen LogP contribution >= 0.6 is 11.3 Å². The second-order valence-corrected chi connectivity index (χ2v) is 8.58. The number of ether oxygens (including phenoxy) is 1. The van der Waals surface area contributed by atoms with Crippen molar-refractivity contribution in [3.8, 4) is 0 Å². The van der Waals surface area contributed by atoms with Crippen LogP contribution in [0.15, 0.2) is 47.0 Å².